The van der Waals surface area contributed by atoms with E-state index in [9.17, 15) is 4.79 Å². The minimum absolute atomic E-state index is 0.0826. The molecular weight excluding hydrogens is 304 g/mol. The van der Waals surface area contributed by atoms with Crippen LogP contribution >= 0.6 is 0 Å². The number of aromatic amines is 1. The first-order valence-corrected chi connectivity index (χ1v) is 8.38. The van der Waals surface area contributed by atoms with Crippen molar-refractivity contribution in [3.05, 3.63) is 57.8 Å². The summed E-state index contributed by atoms with van der Waals surface area (Å²) >= 11 is 0. The predicted octanol–water partition coefficient (Wildman–Crippen LogP) is 1.49. The maximum atomic E-state index is 11.8. The van der Waals surface area contributed by atoms with Crippen LogP contribution in [-0.2, 0) is 13.0 Å². The first-order chi connectivity index (χ1) is 11.7. The average Bonchev–Trinajstić information content (AvgIpc) is 2.61. The number of aryl methyl sites for hydroxylation is 1. The molecule has 3 rings (SSSR count). The van der Waals surface area contributed by atoms with Gasteiger partial charge >= 0.3 is 0 Å². The Morgan fingerprint density at radius 1 is 1.38 bits per heavy atom. The molecule has 1 atom stereocenters. The number of benzene rings is 1. The molecule has 0 bridgehead atoms. The molecule has 1 unspecified atom stereocenters. The number of methoxy groups -OCH3 is 1. The molecule has 0 spiro atoms. The summed E-state index contributed by atoms with van der Waals surface area (Å²) in [5, 5.41) is 3.44. The van der Waals surface area contributed by atoms with Crippen molar-refractivity contribution in [2.45, 2.75) is 25.9 Å². The Hall–Kier alpha value is -2.18. The molecule has 1 aliphatic heterocycles. The van der Waals surface area contributed by atoms with Crippen LogP contribution in [0.3, 0.4) is 0 Å². The molecule has 24 heavy (non-hydrogen) atoms. The standard InChI is InChI=1S/C18H24N4O2/c1-3-13-10-18(23)21-17(20-13)12-22-9-8-19-11-15(22)14-6-4-5-7-16(14)24-2/h4-7,10,15,19H,3,8-9,11-12H2,1-2H3,(H,20,21,23). The normalized spacial score (nSPS) is 18.5. The number of hydrogen-bond donors (Lipinski definition) is 2. The molecule has 2 heterocycles. The van der Waals surface area contributed by atoms with Crippen molar-refractivity contribution in [3.8, 4) is 5.75 Å². The molecule has 1 aromatic carbocycles. The van der Waals surface area contributed by atoms with Crippen LogP contribution in [0.1, 0.15) is 30.0 Å². The second-order valence-electron chi connectivity index (χ2n) is 5.97. The summed E-state index contributed by atoms with van der Waals surface area (Å²) in [7, 11) is 1.70. The third-order valence-electron chi connectivity index (χ3n) is 4.41. The highest BCUT2D eigenvalue weighted by Crippen LogP contribution is 2.30. The molecule has 6 heteroatoms. The second kappa shape index (κ2) is 7.59. The summed E-state index contributed by atoms with van der Waals surface area (Å²) in [6.07, 6.45) is 0.758. The number of hydrogen-bond acceptors (Lipinski definition) is 5. The van der Waals surface area contributed by atoms with Crippen molar-refractivity contribution in [2.75, 3.05) is 26.7 Å². The lowest BCUT2D eigenvalue weighted by molar-refractivity contribution is 0.147. The van der Waals surface area contributed by atoms with E-state index in [-0.39, 0.29) is 11.6 Å². The van der Waals surface area contributed by atoms with Crippen molar-refractivity contribution in [1.82, 2.24) is 20.2 Å². The quantitative estimate of drug-likeness (QED) is 0.870. The SMILES string of the molecule is CCc1cc(=O)[nH]c(CN2CCNCC2c2ccccc2OC)n1. The van der Waals surface area contributed by atoms with Crippen molar-refractivity contribution < 1.29 is 4.74 Å². The Balaban J connectivity index is 1.87. The predicted molar refractivity (Wildman–Crippen MR) is 93.3 cm³/mol. The lowest BCUT2D eigenvalue weighted by Gasteiger charge is -2.36. The van der Waals surface area contributed by atoms with E-state index in [0.717, 1.165) is 48.9 Å². The number of rotatable bonds is 5. The number of piperazine rings is 1. The van der Waals surface area contributed by atoms with Gasteiger partial charge in [0.1, 0.15) is 11.6 Å². The number of aromatic nitrogens is 2. The highest BCUT2D eigenvalue weighted by molar-refractivity contribution is 5.36. The van der Waals surface area contributed by atoms with Crippen LogP contribution in [0.5, 0.6) is 5.75 Å². The van der Waals surface area contributed by atoms with Crippen LogP contribution < -0.4 is 15.6 Å². The van der Waals surface area contributed by atoms with Crippen LogP contribution in [-0.4, -0.2) is 41.6 Å². The molecule has 1 fully saturated rings. The van der Waals surface area contributed by atoms with Crippen LogP contribution in [0.2, 0.25) is 0 Å². The molecule has 0 saturated carbocycles. The van der Waals surface area contributed by atoms with Gasteiger partial charge in [-0.2, -0.15) is 0 Å². The van der Waals surface area contributed by atoms with Gasteiger partial charge in [0, 0.05) is 37.0 Å². The van der Waals surface area contributed by atoms with Crippen molar-refractivity contribution >= 4 is 0 Å². The third kappa shape index (κ3) is 3.66. The fourth-order valence-corrected chi connectivity index (χ4v) is 3.20. The topological polar surface area (TPSA) is 70.2 Å². The van der Waals surface area contributed by atoms with Gasteiger partial charge in [-0.15, -0.1) is 0 Å². The molecule has 2 aromatic rings. The first kappa shape index (κ1) is 16.7. The molecular formula is C18H24N4O2. The molecule has 2 N–H and O–H groups in total. The zero-order chi connectivity index (χ0) is 16.9. The Labute approximate surface area is 141 Å². The Bertz CT molecular complexity index is 744. The van der Waals surface area contributed by atoms with E-state index in [2.05, 4.69) is 26.3 Å². The molecule has 6 nitrogen and oxygen atoms in total. The molecule has 1 aromatic heterocycles. The Kier molecular flexibility index (Phi) is 5.27. The van der Waals surface area contributed by atoms with Gasteiger partial charge in [0.2, 0.25) is 0 Å². The lowest BCUT2D eigenvalue weighted by Crippen LogP contribution is -2.46. The Morgan fingerprint density at radius 3 is 3.00 bits per heavy atom. The summed E-state index contributed by atoms with van der Waals surface area (Å²) in [4.78, 5) is 21.6. The van der Waals surface area contributed by atoms with Crippen LogP contribution in [0, 0.1) is 0 Å². The maximum Gasteiger partial charge on any atom is 0.251 e. The molecule has 0 amide bonds. The van der Waals surface area contributed by atoms with Gasteiger partial charge in [-0.25, -0.2) is 4.98 Å². The summed E-state index contributed by atoms with van der Waals surface area (Å²) in [6.45, 7) is 5.28. The smallest absolute Gasteiger partial charge is 0.251 e. The van der Waals surface area contributed by atoms with E-state index in [1.54, 1.807) is 13.2 Å². The van der Waals surface area contributed by atoms with Crippen molar-refractivity contribution in [1.29, 1.82) is 0 Å². The van der Waals surface area contributed by atoms with E-state index in [0.29, 0.717) is 6.54 Å². The van der Waals surface area contributed by atoms with E-state index >= 15 is 0 Å². The van der Waals surface area contributed by atoms with Gasteiger partial charge in [0.05, 0.1) is 19.7 Å². The summed E-state index contributed by atoms with van der Waals surface area (Å²) < 4.78 is 5.52. The minimum atomic E-state index is -0.0826. The van der Waals surface area contributed by atoms with Gasteiger partial charge in [-0.05, 0) is 12.5 Å². The molecule has 1 aliphatic rings. The second-order valence-corrected chi connectivity index (χ2v) is 5.97. The Morgan fingerprint density at radius 2 is 2.21 bits per heavy atom. The molecule has 0 aliphatic carbocycles. The summed E-state index contributed by atoms with van der Waals surface area (Å²) in [6, 6.07) is 9.85. The maximum absolute atomic E-state index is 11.8. The molecule has 128 valence electrons. The first-order valence-electron chi connectivity index (χ1n) is 8.38. The van der Waals surface area contributed by atoms with E-state index in [1.165, 1.54) is 0 Å². The van der Waals surface area contributed by atoms with E-state index < -0.39 is 0 Å². The van der Waals surface area contributed by atoms with Crippen LogP contribution in [0.25, 0.3) is 0 Å². The number of nitrogens with zero attached hydrogens (tertiary/aromatic N) is 2. The average molecular weight is 328 g/mol. The number of nitrogens with one attached hydrogen (secondary N) is 2. The van der Waals surface area contributed by atoms with E-state index in [1.807, 2.05) is 25.1 Å². The van der Waals surface area contributed by atoms with Gasteiger partial charge in [0.25, 0.3) is 5.56 Å². The third-order valence-corrected chi connectivity index (χ3v) is 4.41. The highest BCUT2D eigenvalue weighted by atomic mass is 16.5. The number of ether oxygens (including phenoxy) is 1. The number of H-pyrrole nitrogens is 1. The lowest BCUT2D eigenvalue weighted by atomic mass is 10.0. The zero-order valence-corrected chi connectivity index (χ0v) is 14.2. The largest absolute Gasteiger partial charge is 0.496 e. The van der Waals surface area contributed by atoms with Crippen molar-refractivity contribution in [3.63, 3.8) is 0 Å². The van der Waals surface area contributed by atoms with E-state index in [4.69, 9.17) is 4.74 Å². The van der Waals surface area contributed by atoms with Gasteiger partial charge in [0.15, 0.2) is 0 Å². The highest BCUT2D eigenvalue weighted by Gasteiger charge is 2.26. The summed E-state index contributed by atoms with van der Waals surface area (Å²) in [5.41, 5.74) is 1.90. The molecule has 1 saturated heterocycles. The minimum Gasteiger partial charge on any atom is -0.496 e. The monoisotopic (exact) mass is 328 g/mol. The fourth-order valence-electron chi connectivity index (χ4n) is 3.20. The van der Waals surface area contributed by atoms with Gasteiger partial charge in [-0.1, -0.05) is 25.1 Å². The molecule has 0 radical (unpaired) electrons. The van der Waals surface area contributed by atoms with Crippen molar-refractivity contribution in [2.24, 2.45) is 0 Å². The summed E-state index contributed by atoms with van der Waals surface area (Å²) in [5.74, 6) is 1.61. The van der Waals surface area contributed by atoms with Gasteiger partial charge < -0.3 is 15.0 Å². The van der Waals surface area contributed by atoms with Gasteiger partial charge in [-0.3, -0.25) is 9.69 Å². The zero-order valence-electron chi connectivity index (χ0n) is 14.2. The fraction of sp³-hybridized carbons (Fsp3) is 0.444. The van der Waals surface area contributed by atoms with Crippen LogP contribution in [0.4, 0.5) is 0 Å². The number of para-hydroxylation sites is 1. The van der Waals surface area contributed by atoms with Crippen LogP contribution in [0.15, 0.2) is 35.1 Å².